The molecular weight excluding hydrogens is 452 g/mol. The molecule has 2 aliphatic rings. The summed E-state index contributed by atoms with van der Waals surface area (Å²) in [6.45, 7) is 1.43. The number of fused-ring (bicyclic) bond motifs is 1. The molecule has 1 aliphatic heterocycles. The van der Waals surface area contributed by atoms with E-state index in [1.807, 2.05) is 19.1 Å². The Morgan fingerprint density at radius 3 is 2.43 bits per heavy atom. The lowest BCUT2D eigenvalue weighted by Crippen LogP contribution is -2.31. The van der Waals surface area contributed by atoms with Crippen LogP contribution in [-0.4, -0.2) is 44.5 Å². The van der Waals surface area contributed by atoms with Crippen molar-refractivity contribution in [3.05, 3.63) is 60.2 Å². The van der Waals surface area contributed by atoms with Crippen LogP contribution in [0.2, 0.25) is 0 Å². The van der Waals surface area contributed by atoms with Gasteiger partial charge in [0, 0.05) is 6.07 Å². The third-order valence-corrected chi connectivity index (χ3v) is 6.25. The van der Waals surface area contributed by atoms with E-state index in [0.717, 1.165) is 0 Å². The zero-order valence-corrected chi connectivity index (χ0v) is 19.6. The van der Waals surface area contributed by atoms with Crippen LogP contribution in [0.15, 0.2) is 54.6 Å². The summed E-state index contributed by atoms with van der Waals surface area (Å²) in [4.78, 5) is 51.6. The molecule has 1 heterocycles. The number of hydrogen-bond donors (Lipinski definition) is 1. The number of methoxy groups -OCH3 is 2. The number of carbonyl (C=O) groups excluding carboxylic acids is 4. The van der Waals surface area contributed by atoms with E-state index in [1.165, 1.54) is 43.4 Å². The molecule has 4 rings (SSSR count). The Bertz CT molecular complexity index is 1190. The maximum absolute atomic E-state index is 12.9. The molecule has 3 amide bonds. The second kappa shape index (κ2) is 10.0. The SMILES string of the molecule is COc1ccc(NC(=O)COC(=O)c2ccc(N3C(=O)[C@@H]4[C@@H](C)C=CC[C@H]4C3=O)cc2)c(OC)c1. The highest BCUT2D eigenvalue weighted by Gasteiger charge is 2.50. The van der Waals surface area contributed by atoms with Crippen molar-refractivity contribution in [1.82, 2.24) is 0 Å². The maximum Gasteiger partial charge on any atom is 0.338 e. The van der Waals surface area contributed by atoms with Gasteiger partial charge in [0.25, 0.3) is 5.91 Å². The standard InChI is InChI=1S/C26H26N2O7/c1-15-5-4-6-19-23(15)25(31)28(24(19)30)17-9-7-16(8-10-17)26(32)35-14-22(29)27-20-12-11-18(33-2)13-21(20)34-3/h4-5,7-13,15,19,23H,6,14H2,1-3H3,(H,27,29)/t15-,19+,23+/m0/s1. The van der Waals surface area contributed by atoms with Crippen molar-refractivity contribution in [3.63, 3.8) is 0 Å². The van der Waals surface area contributed by atoms with Crippen LogP contribution in [0.25, 0.3) is 0 Å². The minimum Gasteiger partial charge on any atom is -0.497 e. The van der Waals surface area contributed by atoms with Gasteiger partial charge in [0.2, 0.25) is 11.8 Å². The number of imide groups is 1. The summed E-state index contributed by atoms with van der Waals surface area (Å²) in [6, 6.07) is 10.9. The second-order valence-electron chi connectivity index (χ2n) is 8.40. The van der Waals surface area contributed by atoms with Gasteiger partial charge in [-0.25, -0.2) is 4.79 Å². The molecule has 35 heavy (non-hydrogen) atoms. The van der Waals surface area contributed by atoms with E-state index in [4.69, 9.17) is 14.2 Å². The van der Waals surface area contributed by atoms with Crippen LogP contribution in [-0.2, 0) is 19.1 Å². The fourth-order valence-electron chi connectivity index (χ4n) is 4.45. The average Bonchev–Trinajstić information content (AvgIpc) is 3.13. The van der Waals surface area contributed by atoms with Gasteiger partial charge in [-0.05, 0) is 48.7 Å². The number of benzene rings is 2. The van der Waals surface area contributed by atoms with Crippen molar-refractivity contribution >= 4 is 35.1 Å². The highest BCUT2D eigenvalue weighted by molar-refractivity contribution is 6.22. The quantitative estimate of drug-likeness (QED) is 0.370. The fraction of sp³-hybridized carbons (Fsp3) is 0.308. The van der Waals surface area contributed by atoms with Crippen LogP contribution in [0, 0.1) is 17.8 Å². The first-order chi connectivity index (χ1) is 16.8. The summed E-state index contributed by atoms with van der Waals surface area (Å²) in [7, 11) is 2.98. The summed E-state index contributed by atoms with van der Waals surface area (Å²) in [6.07, 6.45) is 4.46. The van der Waals surface area contributed by atoms with Gasteiger partial charge >= 0.3 is 5.97 Å². The van der Waals surface area contributed by atoms with E-state index in [2.05, 4.69) is 5.32 Å². The van der Waals surface area contributed by atoms with Crippen LogP contribution in [0.4, 0.5) is 11.4 Å². The van der Waals surface area contributed by atoms with E-state index in [0.29, 0.717) is 29.3 Å². The molecule has 2 aromatic rings. The average molecular weight is 479 g/mol. The molecule has 0 bridgehead atoms. The largest absolute Gasteiger partial charge is 0.497 e. The Balaban J connectivity index is 1.36. The van der Waals surface area contributed by atoms with Gasteiger partial charge in [-0.2, -0.15) is 0 Å². The normalized spacial score (nSPS) is 20.9. The minimum atomic E-state index is -0.709. The predicted octanol–water partition coefficient (Wildman–Crippen LogP) is 3.20. The van der Waals surface area contributed by atoms with E-state index in [1.54, 1.807) is 18.2 Å². The molecule has 3 atom stereocenters. The molecule has 1 N–H and O–H groups in total. The molecule has 1 saturated heterocycles. The fourth-order valence-corrected chi connectivity index (χ4v) is 4.45. The first-order valence-corrected chi connectivity index (χ1v) is 11.2. The predicted molar refractivity (Wildman–Crippen MR) is 127 cm³/mol. The van der Waals surface area contributed by atoms with E-state index in [-0.39, 0.29) is 35.1 Å². The molecule has 2 aromatic carbocycles. The molecule has 1 aliphatic carbocycles. The first-order valence-electron chi connectivity index (χ1n) is 11.2. The summed E-state index contributed by atoms with van der Waals surface area (Å²) in [5, 5.41) is 2.62. The molecule has 0 unspecified atom stereocenters. The van der Waals surface area contributed by atoms with Crippen LogP contribution in [0.3, 0.4) is 0 Å². The molecule has 9 nitrogen and oxygen atoms in total. The number of nitrogens with zero attached hydrogens (tertiary/aromatic N) is 1. The zero-order chi connectivity index (χ0) is 25.1. The van der Waals surface area contributed by atoms with Gasteiger partial charge in [-0.1, -0.05) is 19.1 Å². The molecule has 1 fully saturated rings. The third kappa shape index (κ3) is 4.75. The van der Waals surface area contributed by atoms with Crippen molar-refractivity contribution in [2.24, 2.45) is 17.8 Å². The topological polar surface area (TPSA) is 111 Å². The summed E-state index contributed by atoms with van der Waals surface area (Å²) in [5.41, 5.74) is 1.00. The number of carbonyl (C=O) groups is 4. The lowest BCUT2D eigenvalue weighted by atomic mass is 9.78. The molecule has 0 spiro atoms. The number of nitrogens with one attached hydrogen (secondary N) is 1. The smallest absolute Gasteiger partial charge is 0.338 e. The van der Waals surface area contributed by atoms with Crippen molar-refractivity contribution in [2.45, 2.75) is 13.3 Å². The number of allylic oxidation sites excluding steroid dienone is 2. The minimum absolute atomic E-state index is 0.00604. The number of ether oxygens (including phenoxy) is 3. The Kier molecular flexibility index (Phi) is 6.86. The van der Waals surface area contributed by atoms with E-state index in [9.17, 15) is 19.2 Å². The zero-order valence-electron chi connectivity index (χ0n) is 19.6. The Morgan fingerprint density at radius 1 is 1.03 bits per heavy atom. The van der Waals surface area contributed by atoms with E-state index >= 15 is 0 Å². The van der Waals surface area contributed by atoms with Gasteiger partial charge < -0.3 is 19.5 Å². The number of anilines is 2. The lowest BCUT2D eigenvalue weighted by molar-refractivity contribution is -0.123. The van der Waals surface area contributed by atoms with Crippen molar-refractivity contribution in [2.75, 3.05) is 31.0 Å². The monoisotopic (exact) mass is 478 g/mol. The highest BCUT2D eigenvalue weighted by Crippen LogP contribution is 2.40. The van der Waals surface area contributed by atoms with Crippen molar-refractivity contribution < 1.29 is 33.4 Å². The van der Waals surface area contributed by atoms with Crippen LogP contribution >= 0.6 is 0 Å². The van der Waals surface area contributed by atoms with Gasteiger partial charge in [-0.15, -0.1) is 0 Å². The first kappa shape index (κ1) is 24.0. The van der Waals surface area contributed by atoms with Gasteiger partial charge in [0.1, 0.15) is 11.5 Å². The van der Waals surface area contributed by atoms with Crippen LogP contribution < -0.4 is 19.7 Å². The van der Waals surface area contributed by atoms with Gasteiger partial charge in [0.05, 0.1) is 43.0 Å². The maximum atomic E-state index is 12.9. The number of rotatable bonds is 7. The lowest BCUT2D eigenvalue weighted by Gasteiger charge is -2.22. The van der Waals surface area contributed by atoms with Gasteiger partial charge in [-0.3, -0.25) is 19.3 Å². The second-order valence-corrected chi connectivity index (χ2v) is 8.40. The highest BCUT2D eigenvalue weighted by atomic mass is 16.5. The molecule has 0 radical (unpaired) electrons. The summed E-state index contributed by atoms with van der Waals surface area (Å²) >= 11 is 0. The Labute approximate surface area is 202 Å². The number of hydrogen-bond acceptors (Lipinski definition) is 7. The van der Waals surface area contributed by atoms with Crippen LogP contribution in [0.5, 0.6) is 11.5 Å². The Hall–Kier alpha value is -4.14. The van der Waals surface area contributed by atoms with Crippen molar-refractivity contribution in [3.8, 4) is 11.5 Å². The molecule has 0 saturated carbocycles. The molecule has 182 valence electrons. The van der Waals surface area contributed by atoms with Crippen molar-refractivity contribution in [1.29, 1.82) is 0 Å². The van der Waals surface area contributed by atoms with Gasteiger partial charge in [0.15, 0.2) is 6.61 Å². The van der Waals surface area contributed by atoms with Crippen LogP contribution in [0.1, 0.15) is 23.7 Å². The third-order valence-electron chi connectivity index (χ3n) is 6.25. The van der Waals surface area contributed by atoms with E-state index < -0.39 is 18.5 Å². The molecule has 0 aromatic heterocycles. The Morgan fingerprint density at radius 2 is 1.77 bits per heavy atom. The number of amides is 3. The molecule has 9 heteroatoms. The molecular formula is C26H26N2O7. The summed E-state index contributed by atoms with van der Waals surface area (Å²) < 4.78 is 15.5. The number of esters is 1. The summed E-state index contributed by atoms with van der Waals surface area (Å²) in [5.74, 6) is -1.46.